The van der Waals surface area contributed by atoms with E-state index in [1.165, 1.54) is 17.3 Å². The maximum atomic E-state index is 12.1. The van der Waals surface area contributed by atoms with Gasteiger partial charge in [0, 0.05) is 0 Å². The Morgan fingerprint density at radius 2 is 1.89 bits per heavy atom. The fourth-order valence-corrected chi connectivity index (χ4v) is 6.29. The first-order chi connectivity index (χ1) is 8.95. The van der Waals surface area contributed by atoms with Crippen molar-refractivity contribution in [3.05, 3.63) is 29.8 Å². The van der Waals surface area contributed by atoms with Crippen molar-refractivity contribution in [3.63, 3.8) is 0 Å². The molecule has 108 valence electrons. The summed E-state index contributed by atoms with van der Waals surface area (Å²) < 4.78 is 29.4. The molecule has 0 aliphatic heterocycles. The van der Waals surface area contributed by atoms with Gasteiger partial charge in [-0.25, -0.2) is 0 Å². The van der Waals surface area contributed by atoms with E-state index >= 15 is 0 Å². The number of unbranched alkanes of at least 4 members (excludes halogenated alkanes) is 1. The molecule has 0 fully saturated rings. The number of benzene rings is 1. The molecule has 0 amide bonds. The summed E-state index contributed by atoms with van der Waals surface area (Å²) in [5.74, 6) is 0. The van der Waals surface area contributed by atoms with Crippen molar-refractivity contribution in [2.45, 2.75) is 53.5 Å². The summed E-state index contributed by atoms with van der Waals surface area (Å²) in [5, 5.41) is 0. The van der Waals surface area contributed by atoms with Gasteiger partial charge < -0.3 is 0 Å². The van der Waals surface area contributed by atoms with Crippen LogP contribution in [-0.4, -0.2) is 35.4 Å². The van der Waals surface area contributed by atoms with Crippen LogP contribution in [0.15, 0.2) is 29.2 Å². The Hall–Kier alpha value is -0.0804. The molecule has 19 heavy (non-hydrogen) atoms. The van der Waals surface area contributed by atoms with Crippen LogP contribution in [0.2, 0.25) is 8.94 Å². The van der Waals surface area contributed by atoms with Crippen molar-refractivity contribution in [2.24, 2.45) is 0 Å². The first-order valence-electron chi connectivity index (χ1n) is 6.62. The van der Waals surface area contributed by atoms with E-state index < -0.39 is 10.0 Å². The Bertz CT molecular complexity index is 471. The molecule has 5 heteroatoms. The maximum absolute atomic E-state index is 12.1. The molecule has 0 heterocycles. The van der Waals surface area contributed by atoms with E-state index in [1.807, 2.05) is 26.0 Å². The van der Waals surface area contributed by atoms with Crippen LogP contribution in [0.1, 0.15) is 32.3 Å². The van der Waals surface area contributed by atoms with Gasteiger partial charge in [-0.15, -0.1) is 0 Å². The first-order valence-corrected chi connectivity index (χ1v) is 11.4. The van der Waals surface area contributed by atoms with Crippen LogP contribution in [0, 0.1) is 6.92 Å². The summed E-state index contributed by atoms with van der Waals surface area (Å²) in [7, 11) is -3.35. The first kappa shape index (κ1) is 17.0. The van der Waals surface area contributed by atoms with Crippen LogP contribution in [-0.2, 0) is 10.0 Å². The van der Waals surface area contributed by atoms with E-state index in [2.05, 4.69) is 11.6 Å². The van der Waals surface area contributed by atoms with E-state index in [0.29, 0.717) is 4.90 Å². The second-order valence-corrected chi connectivity index (χ2v) is 9.76. The van der Waals surface area contributed by atoms with Crippen molar-refractivity contribution in [1.29, 1.82) is 0 Å². The van der Waals surface area contributed by atoms with Crippen LogP contribution < -0.4 is 4.72 Å². The second kappa shape index (κ2) is 8.26. The van der Waals surface area contributed by atoms with E-state index in [-0.39, 0.29) is 27.0 Å². The molecule has 1 aromatic rings. The van der Waals surface area contributed by atoms with Gasteiger partial charge in [-0.3, -0.25) is 0 Å². The number of hydrogen-bond donors (Lipinski definition) is 1. The van der Waals surface area contributed by atoms with E-state index in [0.717, 1.165) is 10.0 Å². The molecule has 0 saturated heterocycles. The van der Waals surface area contributed by atoms with Gasteiger partial charge in [0.05, 0.1) is 0 Å². The minimum atomic E-state index is -3.35. The fraction of sp³-hybridized carbons (Fsp3) is 0.571. The van der Waals surface area contributed by atoms with Crippen molar-refractivity contribution in [2.75, 3.05) is 0 Å². The third-order valence-corrected chi connectivity index (χ3v) is 8.05. The monoisotopic (exact) mass is 399 g/mol. The van der Waals surface area contributed by atoms with Gasteiger partial charge in [-0.2, -0.15) is 0 Å². The average molecular weight is 397 g/mol. The number of hydrogen-bond acceptors (Lipinski definition) is 2. The molecule has 0 aromatic heterocycles. The van der Waals surface area contributed by atoms with Gasteiger partial charge in [-0.05, 0) is 0 Å². The predicted octanol–water partition coefficient (Wildman–Crippen LogP) is 3.00. The summed E-state index contributed by atoms with van der Waals surface area (Å²) in [6.07, 6.45) is 2.51. The topological polar surface area (TPSA) is 46.2 Å². The minimum absolute atomic E-state index is 0.0468. The number of rotatable bonds is 8. The Kier molecular flexibility index (Phi) is 7.38. The van der Waals surface area contributed by atoms with Gasteiger partial charge in [-0.1, -0.05) is 0 Å². The quantitative estimate of drug-likeness (QED) is 0.542. The van der Waals surface area contributed by atoms with Crippen LogP contribution in [0.25, 0.3) is 0 Å². The molecule has 0 saturated carbocycles. The number of aryl methyl sites for hydroxylation is 1. The normalized spacial score (nSPS) is 13.4. The summed E-state index contributed by atoms with van der Waals surface area (Å²) in [6, 6.07) is 7.03. The summed E-state index contributed by atoms with van der Waals surface area (Å²) in [5.41, 5.74) is 1.07. The zero-order chi connectivity index (χ0) is 14.3. The third kappa shape index (κ3) is 6.27. The summed E-state index contributed by atoms with van der Waals surface area (Å²) >= 11 is -0.0523. The Morgan fingerprint density at radius 3 is 2.47 bits per heavy atom. The van der Waals surface area contributed by atoms with Gasteiger partial charge in [0.1, 0.15) is 0 Å². The van der Waals surface area contributed by atoms with Crippen molar-refractivity contribution in [1.82, 2.24) is 4.72 Å². The second-order valence-electron chi connectivity index (χ2n) is 4.76. The van der Waals surface area contributed by atoms with Gasteiger partial charge in [0.2, 0.25) is 0 Å². The van der Waals surface area contributed by atoms with Crippen LogP contribution >= 0.6 is 0 Å². The van der Waals surface area contributed by atoms with Crippen LogP contribution in [0.3, 0.4) is 0 Å². The molecule has 0 radical (unpaired) electrons. The average Bonchev–Trinajstić information content (AvgIpc) is 2.34. The molecule has 0 aliphatic carbocycles. The fourth-order valence-electron chi connectivity index (χ4n) is 1.59. The Morgan fingerprint density at radius 1 is 1.26 bits per heavy atom. The number of nitrogens with one attached hydrogen (secondary N) is 1. The third-order valence-electron chi connectivity index (χ3n) is 2.70. The zero-order valence-corrected chi connectivity index (χ0v) is 15.0. The van der Waals surface area contributed by atoms with E-state index in [1.54, 1.807) is 12.1 Å². The Labute approximate surface area is 127 Å². The SMILES string of the molecule is CCCC[Te]C[C@H](C)NS(=O)(=O)c1ccc(C)cc1. The summed E-state index contributed by atoms with van der Waals surface area (Å²) in [6.45, 7) is 6.10. The van der Waals surface area contributed by atoms with Gasteiger partial charge in [0.15, 0.2) is 0 Å². The van der Waals surface area contributed by atoms with E-state index in [4.69, 9.17) is 0 Å². The Balaban J connectivity index is 2.52. The molecule has 1 rings (SSSR count). The molecular weight excluding hydrogens is 374 g/mol. The molecule has 1 atom stereocenters. The number of sulfonamides is 1. The van der Waals surface area contributed by atoms with Crippen molar-refractivity contribution >= 4 is 30.9 Å². The van der Waals surface area contributed by atoms with Gasteiger partial charge >= 0.3 is 127 Å². The molecule has 0 aliphatic rings. The van der Waals surface area contributed by atoms with Crippen molar-refractivity contribution in [3.8, 4) is 0 Å². The predicted molar refractivity (Wildman–Crippen MR) is 81.2 cm³/mol. The molecule has 1 N–H and O–H groups in total. The van der Waals surface area contributed by atoms with Crippen LogP contribution in [0.5, 0.6) is 0 Å². The molecule has 0 spiro atoms. The van der Waals surface area contributed by atoms with Crippen LogP contribution in [0.4, 0.5) is 0 Å². The van der Waals surface area contributed by atoms with Crippen molar-refractivity contribution < 1.29 is 8.42 Å². The molecule has 0 unspecified atom stereocenters. The van der Waals surface area contributed by atoms with E-state index in [9.17, 15) is 8.42 Å². The zero-order valence-electron chi connectivity index (χ0n) is 11.8. The standard InChI is InChI=1S/C14H23NO2STe/c1-4-5-10-19-11-13(3)15-18(16,17)14-8-6-12(2)7-9-14/h6-9,13,15H,4-5,10-11H2,1-3H3/t13-/m0/s1. The molecular formula is C14H23NO2STe. The summed E-state index contributed by atoms with van der Waals surface area (Å²) in [4.78, 5) is 0.360. The van der Waals surface area contributed by atoms with Gasteiger partial charge in [0.25, 0.3) is 0 Å². The molecule has 0 bridgehead atoms. The molecule has 3 nitrogen and oxygen atoms in total. The molecule has 1 aromatic carbocycles.